The predicted molar refractivity (Wildman–Crippen MR) is 92.2 cm³/mol. The Morgan fingerprint density at radius 3 is 2.20 bits per heavy atom. The minimum atomic E-state index is 0.740. The maximum atomic E-state index is 5.95. The molecule has 4 heteroatoms. The Morgan fingerprint density at radius 1 is 1.10 bits per heavy atom. The molecule has 1 saturated heterocycles. The number of hydrogen-bond acceptors (Lipinski definition) is 2. The van der Waals surface area contributed by atoms with Crippen molar-refractivity contribution >= 4 is 33.2 Å². The van der Waals surface area contributed by atoms with Gasteiger partial charge in [0.2, 0.25) is 0 Å². The highest BCUT2D eigenvalue weighted by molar-refractivity contribution is 9.09. The van der Waals surface area contributed by atoms with Crippen LogP contribution in [0.15, 0.2) is 24.3 Å². The van der Waals surface area contributed by atoms with E-state index in [4.69, 9.17) is 11.6 Å². The molecule has 2 rings (SSSR count). The average molecular weight is 360 g/mol. The summed E-state index contributed by atoms with van der Waals surface area (Å²) < 4.78 is 0. The zero-order chi connectivity index (χ0) is 14.5. The summed E-state index contributed by atoms with van der Waals surface area (Å²) in [6, 6.07) is 8.19. The van der Waals surface area contributed by atoms with Gasteiger partial charge < -0.3 is 4.90 Å². The number of alkyl halides is 1. The van der Waals surface area contributed by atoms with E-state index in [1.165, 1.54) is 12.2 Å². The van der Waals surface area contributed by atoms with Crippen LogP contribution in [0.2, 0.25) is 5.02 Å². The first-order valence-electron chi connectivity index (χ1n) is 7.39. The van der Waals surface area contributed by atoms with Crippen molar-refractivity contribution in [2.75, 3.05) is 43.0 Å². The summed E-state index contributed by atoms with van der Waals surface area (Å²) in [5.41, 5.74) is 1.29. The van der Waals surface area contributed by atoms with Gasteiger partial charge in [-0.3, -0.25) is 4.90 Å². The Kier molecular flexibility index (Phi) is 6.19. The molecule has 1 aromatic carbocycles. The van der Waals surface area contributed by atoms with Crippen LogP contribution in [-0.2, 0) is 0 Å². The van der Waals surface area contributed by atoms with E-state index in [0.717, 1.165) is 48.4 Å². The zero-order valence-corrected chi connectivity index (χ0v) is 14.7. The summed E-state index contributed by atoms with van der Waals surface area (Å²) in [6.07, 6.45) is 0. The number of halogens is 2. The van der Waals surface area contributed by atoms with E-state index < -0.39 is 0 Å². The van der Waals surface area contributed by atoms with Crippen molar-refractivity contribution in [1.82, 2.24) is 4.90 Å². The van der Waals surface area contributed by atoms with E-state index >= 15 is 0 Å². The second-order valence-corrected chi connectivity index (χ2v) is 7.01. The van der Waals surface area contributed by atoms with Crippen LogP contribution in [0, 0.1) is 11.8 Å². The molecule has 0 radical (unpaired) electrons. The molecule has 20 heavy (non-hydrogen) atoms. The SMILES string of the molecule is CC(C)C(CBr)CN1CCN(c2ccc(Cl)cc2)CC1. The first-order chi connectivity index (χ1) is 9.60. The smallest absolute Gasteiger partial charge is 0.0407 e. The molecule has 0 aliphatic carbocycles. The van der Waals surface area contributed by atoms with Crippen LogP contribution in [-0.4, -0.2) is 43.0 Å². The second-order valence-electron chi connectivity index (χ2n) is 5.92. The number of anilines is 1. The van der Waals surface area contributed by atoms with Gasteiger partial charge >= 0.3 is 0 Å². The van der Waals surface area contributed by atoms with E-state index in [1.54, 1.807) is 0 Å². The highest BCUT2D eigenvalue weighted by Gasteiger charge is 2.21. The Bertz CT molecular complexity index is 399. The van der Waals surface area contributed by atoms with Gasteiger partial charge in [0.15, 0.2) is 0 Å². The van der Waals surface area contributed by atoms with Gasteiger partial charge in [-0.25, -0.2) is 0 Å². The molecule has 1 unspecified atom stereocenters. The van der Waals surface area contributed by atoms with E-state index in [2.05, 4.69) is 51.7 Å². The minimum Gasteiger partial charge on any atom is -0.369 e. The molecule has 0 spiro atoms. The predicted octanol–water partition coefficient (Wildman–Crippen LogP) is 4.13. The molecule has 0 N–H and O–H groups in total. The maximum absolute atomic E-state index is 5.95. The lowest BCUT2D eigenvalue weighted by atomic mass is 9.97. The molecule has 1 fully saturated rings. The van der Waals surface area contributed by atoms with Crippen LogP contribution in [0.25, 0.3) is 0 Å². The molecule has 2 nitrogen and oxygen atoms in total. The average Bonchev–Trinajstić information content (AvgIpc) is 2.46. The van der Waals surface area contributed by atoms with Crippen LogP contribution in [0.4, 0.5) is 5.69 Å². The molecule has 112 valence electrons. The summed E-state index contributed by atoms with van der Waals surface area (Å²) in [6.45, 7) is 10.4. The van der Waals surface area contributed by atoms with Crippen LogP contribution < -0.4 is 4.90 Å². The van der Waals surface area contributed by atoms with E-state index in [-0.39, 0.29) is 0 Å². The molecular formula is C16H24BrClN2. The van der Waals surface area contributed by atoms with Crippen molar-refractivity contribution in [2.45, 2.75) is 13.8 Å². The summed E-state index contributed by atoms with van der Waals surface area (Å²) in [5, 5.41) is 1.91. The summed E-state index contributed by atoms with van der Waals surface area (Å²) in [5.74, 6) is 1.49. The third-order valence-corrected chi connectivity index (χ3v) is 5.28. The third-order valence-electron chi connectivity index (χ3n) is 4.20. The number of rotatable bonds is 5. The molecule has 0 aromatic heterocycles. The monoisotopic (exact) mass is 358 g/mol. The molecule has 1 atom stereocenters. The van der Waals surface area contributed by atoms with E-state index in [0.29, 0.717) is 0 Å². The molecule has 1 heterocycles. The van der Waals surface area contributed by atoms with Gasteiger partial charge in [-0.1, -0.05) is 41.4 Å². The number of benzene rings is 1. The van der Waals surface area contributed by atoms with Gasteiger partial charge in [0.25, 0.3) is 0 Å². The fraction of sp³-hybridized carbons (Fsp3) is 0.625. The summed E-state index contributed by atoms with van der Waals surface area (Å²) in [7, 11) is 0. The quantitative estimate of drug-likeness (QED) is 0.729. The number of nitrogens with zero attached hydrogens (tertiary/aromatic N) is 2. The highest BCUT2D eigenvalue weighted by Crippen LogP contribution is 2.21. The first-order valence-corrected chi connectivity index (χ1v) is 8.89. The first kappa shape index (κ1) is 16.1. The number of piperazine rings is 1. The lowest BCUT2D eigenvalue weighted by molar-refractivity contribution is 0.204. The Balaban J connectivity index is 1.84. The largest absolute Gasteiger partial charge is 0.369 e. The Labute approximate surface area is 136 Å². The normalized spacial score (nSPS) is 18.6. The molecule has 1 aromatic rings. The van der Waals surface area contributed by atoms with Crippen molar-refractivity contribution < 1.29 is 0 Å². The van der Waals surface area contributed by atoms with Crippen LogP contribution >= 0.6 is 27.5 Å². The van der Waals surface area contributed by atoms with Gasteiger partial charge in [0, 0.05) is 48.8 Å². The van der Waals surface area contributed by atoms with Gasteiger partial charge in [-0.15, -0.1) is 0 Å². The summed E-state index contributed by atoms with van der Waals surface area (Å²) in [4.78, 5) is 5.05. The lowest BCUT2D eigenvalue weighted by Gasteiger charge is -2.38. The van der Waals surface area contributed by atoms with Crippen LogP contribution in [0.5, 0.6) is 0 Å². The minimum absolute atomic E-state index is 0.740. The topological polar surface area (TPSA) is 6.48 Å². The Morgan fingerprint density at radius 2 is 1.70 bits per heavy atom. The lowest BCUT2D eigenvalue weighted by Crippen LogP contribution is -2.48. The highest BCUT2D eigenvalue weighted by atomic mass is 79.9. The van der Waals surface area contributed by atoms with Gasteiger partial charge in [0.05, 0.1) is 0 Å². The zero-order valence-electron chi connectivity index (χ0n) is 12.4. The van der Waals surface area contributed by atoms with E-state index in [9.17, 15) is 0 Å². The molecule has 0 bridgehead atoms. The fourth-order valence-electron chi connectivity index (χ4n) is 2.61. The van der Waals surface area contributed by atoms with E-state index in [1.807, 2.05) is 12.1 Å². The van der Waals surface area contributed by atoms with Crippen molar-refractivity contribution in [3.05, 3.63) is 29.3 Å². The van der Waals surface area contributed by atoms with Crippen molar-refractivity contribution in [2.24, 2.45) is 11.8 Å². The van der Waals surface area contributed by atoms with Crippen molar-refractivity contribution in [1.29, 1.82) is 0 Å². The van der Waals surface area contributed by atoms with Crippen molar-refractivity contribution in [3.63, 3.8) is 0 Å². The molecule has 1 aliphatic rings. The fourth-order valence-corrected chi connectivity index (χ4v) is 3.69. The maximum Gasteiger partial charge on any atom is 0.0407 e. The molecular weight excluding hydrogens is 336 g/mol. The Hall–Kier alpha value is -0.250. The standard InChI is InChI=1S/C16H24BrClN2/c1-13(2)14(11-17)12-19-7-9-20(10-8-19)16-5-3-15(18)4-6-16/h3-6,13-14H,7-12H2,1-2H3. The van der Waals surface area contributed by atoms with Crippen molar-refractivity contribution in [3.8, 4) is 0 Å². The molecule has 1 aliphatic heterocycles. The summed E-state index contributed by atoms with van der Waals surface area (Å²) >= 11 is 9.59. The van der Waals surface area contributed by atoms with Gasteiger partial charge in [0.1, 0.15) is 0 Å². The number of hydrogen-bond donors (Lipinski definition) is 0. The van der Waals surface area contributed by atoms with Crippen LogP contribution in [0.1, 0.15) is 13.8 Å². The molecule has 0 saturated carbocycles. The molecule has 0 amide bonds. The second kappa shape index (κ2) is 7.67. The third kappa shape index (κ3) is 4.37. The van der Waals surface area contributed by atoms with Crippen LogP contribution in [0.3, 0.4) is 0 Å². The van der Waals surface area contributed by atoms with Gasteiger partial charge in [-0.2, -0.15) is 0 Å². The van der Waals surface area contributed by atoms with Gasteiger partial charge in [-0.05, 0) is 36.1 Å².